The summed E-state index contributed by atoms with van der Waals surface area (Å²) in [6.07, 6.45) is 9.82. The molecule has 1 N–H and O–H groups in total. The predicted molar refractivity (Wildman–Crippen MR) is 75.6 cm³/mol. The molecule has 2 fully saturated rings. The summed E-state index contributed by atoms with van der Waals surface area (Å²) in [6.45, 7) is 2.33. The standard InChI is InChI=1S/C14H24N2S/c1-10(11-6-4-7-11)15-14-16-13-8-3-2-5-12(13)9-17-14/h10-13H,2-9H2,1H3,(H,15,16). The van der Waals surface area contributed by atoms with Gasteiger partial charge < -0.3 is 5.32 Å². The van der Waals surface area contributed by atoms with Crippen LogP contribution in [0.15, 0.2) is 4.99 Å². The number of nitrogens with one attached hydrogen (secondary N) is 1. The minimum Gasteiger partial charge on any atom is -0.362 e. The molecule has 17 heavy (non-hydrogen) atoms. The maximum absolute atomic E-state index is 4.95. The Morgan fingerprint density at radius 1 is 1.18 bits per heavy atom. The molecule has 3 rings (SSSR count). The monoisotopic (exact) mass is 252 g/mol. The van der Waals surface area contributed by atoms with Crippen molar-refractivity contribution in [3.63, 3.8) is 0 Å². The van der Waals surface area contributed by atoms with E-state index in [1.54, 1.807) is 0 Å². The number of rotatable bonds is 2. The zero-order valence-corrected chi connectivity index (χ0v) is 11.6. The first-order valence-electron chi connectivity index (χ1n) is 7.30. The summed E-state index contributed by atoms with van der Waals surface area (Å²) in [5.41, 5.74) is 0. The number of aliphatic imine (C=N–C) groups is 1. The minimum atomic E-state index is 0.634. The van der Waals surface area contributed by atoms with E-state index < -0.39 is 0 Å². The van der Waals surface area contributed by atoms with Crippen LogP contribution in [0.25, 0.3) is 0 Å². The van der Waals surface area contributed by atoms with E-state index in [-0.39, 0.29) is 0 Å². The van der Waals surface area contributed by atoms with Gasteiger partial charge in [-0.15, -0.1) is 0 Å². The minimum absolute atomic E-state index is 0.634. The van der Waals surface area contributed by atoms with Crippen molar-refractivity contribution in [2.75, 3.05) is 5.75 Å². The molecular weight excluding hydrogens is 228 g/mol. The molecule has 1 heterocycles. The van der Waals surface area contributed by atoms with Crippen LogP contribution in [-0.4, -0.2) is 23.0 Å². The Morgan fingerprint density at radius 2 is 2.00 bits per heavy atom. The fraction of sp³-hybridized carbons (Fsp3) is 0.929. The van der Waals surface area contributed by atoms with Gasteiger partial charge >= 0.3 is 0 Å². The SMILES string of the molecule is CC(NC1=NC2CCCCC2CS1)C1CCC1. The molecule has 2 nitrogen and oxygen atoms in total. The number of hydrogen-bond acceptors (Lipinski definition) is 3. The van der Waals surface area contributed by atoms with Crippen LogP contribution in [0.4, 0.5) is 0 Å². The van der Waals surface area contributed by atoms with Crippen molar-refractivity contribution in [2.45, 2.75) is 64.0 Å². The lowest BCUT2D eigenvalue weighted by atomic mass is 9.80. The van der Waals surface area contributed by atoms with Gasteiger partial charge in [0.2, 0.25) is 0 Å². The second-order valence-electron chi connectivity index (χ2n) is 5.98. The molecule has 0 radical (unpaired) electrons. The summed E-state index contributed by atoms with van der Waals surface area (Å²) >= 11 is 1.97. The molecular formula is C14H24N2S. The van der Waals surface area contributed by atoms with Gasteiger partial charge in [0.1, 0.15) is 0 Å². The number of fused-ring (bicyclic) bond motifs is 1. The van der Waals surface area contributed by atoms with E-state index in [0.29, 0.717) is 12.1 Å². The van der Waals surface area contributed by atoms with Gasteiger partial charge in [-0.3, -0.25) is 4.99 Å². The summed E-state index contributed by atoms with van der Waals surface area (Å²) in [6, 6.07) is 1.27. The molecule has 0 saturated heterocycles. The van der Waals surface area contributed by atoms with E-state index >= 15 is 0 Å². The third-order valence-corrected chi connectivity index (χ3v) is 5.89. The quantitative estimate of drug-likeness (QED) is 0.814. The molecule has 0 aromatic rings. The highest BCUT2D eigenvalue weighted by atomic mass is 32.2. The van der Waals surface area contributed by atoms with Crippen LogP contribution in [0.5, 0.6) is 0 Å². The van der Waals surface area contributed by atoms with Crippen LogP contribution in [0.2, 0.25) is 0 Å². The maximum atomic E-state index is 4.95. The molecule has 1 aliphatic heterocycles. The number of thioether (sulfide) groups is 1. The van der Waals surface area contributed by atoms with Crippen molar-refractivity contribution in [1.29, 1.82) is 0 Å². The molecule has 96 valence electrons. The highest BCUT2D eigenvalue weighted by Crippen LogP contribution is 2.34. The molecule has 2 saturated carbocycles. The van der Waals surface area contributed by atoms with E-state index in [4.69, 9.17) is 4.99 Å². The number of amidine groups is 1. The van der Waals surface area contributed by atoms with Gasteiger partial charge in [-0.1, -0.05) is 31.0 Å². The summed E-state index contributed by atoms with van der Waals surface area (Å²) in [7, 11) is 0. The molecule has 3 heteroatoms. The molecule has 0 aromatic heterocycles. The highest BCUT2D eigenvalue weighted by molar-refractivity contribution is 8.13. The maximum Gasteiger partial charge on any atom is 0.157 e. The second kappa shape index (κ2) is 5.21. The zero-order chi connectivity index (χ0) is 11.7. The van der Waals surface area contributed by atoms with E-state index in [1.807, 2.05) is 11.8 Å². The van der Waals surface area contributed by atoms with Crippen molar-refractivity contribution in [3.05, 3.63) is 0 Å². The molecule has 0 bridgehead atoms. The first-order chi connectivity index (χ1) is 8.33. The Morgan fingerprint density at radius 3 is 2.76 bits per heavy atom. The van der Waals surface area contributed by atoms with Crippen LogP contribution in [0.3, 0.4) is 0 Å². The fourth-order valence-electron chi connectivity index (χ4n) is 3.26. The van der Waals surface area contributed by atoms with Crippen LogP contribution in [0.1, 0.15) is 51.9 Å². The first kappa shape index (κ1) is 11.9. The number of hydrogen-bond donors (Lipinski definition) is 1. The lowest BCUT2D eigenvalue weighted by Crippen LogP contribution is -2.42. The largest absolute Gasteiger partial charge is 0.362 e. The van der Waals surface area contributed by atoms with Crippen molar-refractivity contribution in [3.8, 4) is 0 Å². The van der Waals surface area contributed by atoms with E-state index in [9.17, 15) is 0 Å². The fourth-order valence-corrected chi connectivity index (χ4v) is 4.50. The number of nitrogens with zero attached hydrogens (tertiary/aromatic N) is 1. The van der Waals surface area contributed by atoms with Gasteiger partial charge in [-0.25, -0.2) is 0 Å². The third kappa shape index (κ3) is 2.64. The van der Waals surface area contributed by atoms with Gasteiger partial charge in [0.15, 0.2) is 5.17 Å². The van der Waals surface area contributed by atoms with Crippen LogP contribution < -0.4 is 5.32 Å². The third-order valence-electron chi connectivity index (χ3n) is 4.79. The topological polar surface area (TPSA) is 24.4 Å². The molecule has 0 aromatic carbocycles. The highest BCUT2D eigenvalue weighted by Gasteiger charge is 2.30. The first-order valence-corrected chi connectivity index (χ1v) is 8.28. The summed E-state index contributed by atoms with van der Waals surface area (Å²) in [5.74, 6) is 3.08. The Hall–Kier alpha value is -0.180. The second-order valence-corrected chi connectivity index (χ2v) is 6.99. The van der Waals surface area contributed by atoms with Crippen molar-refractivity contribution < 1.29 is 0 Å². The molecule has 2 aliphatic carbocycles. The summed E-state index contributed by atoms with van der Waals surface area (Å²) in [4.78, 5) is 4.95. The van der Waals surface area contributed by atoms with Gasteiger partial charge in [-0.2, -0.15) is 0 Å². The van der Waals surface area contributed by atoms with Crippen LogP contribution in [0, 0.1) is 11.8 Å². The van der Waals surface area contributed by atoms with Crippen molar-refractivity contribution in [1.82, 2.24) is 5.32 Å². The predicted octanol–water partition coefficient (Wildman–Crippen LogP) is 3.43. The molecule has 3 unspecified atom stereocenters. The zero-order valence-electron chi connectivity index (χ0n) is 10.8. The smallest absolute Gasteiger partial charge is 0.157 e. The normalized spacial score (nSPS) is 35.5. The Kier molecular flexibility index (Phi) is 3.64. The molecule has 0 amide bonds. The van der Waals surface area contributed by atoms with Crippen molar-refractivity contribution in [2.24, 2.45) is 16.8 Å². The molecule has 3 atom stereocenters. The average Bonchev–Trinajstić information content (AvgIpc) is 2.26. The van der Waals surface area contributed by atoms with Gasteiger partial charge in [0.25, 0.3) is 0 Å². The van der Waals surface area contributed by atoms with E-state index in [1.165, 1.54) is 55.9 Å². The lowest BCUT2D eigenvalue weighted by Gasteiger charge is -2.36. The van der Waals surface area contributed by atoms with Crippen LogP contribution >= 0.6 is 11.8 Å². The van der Waals surface area contributed by atoms with Gasteiger partial charge in [0, 0.05) is 11.8 Å². The Balaban J connectivity index is 1.57. The summed E-state index contributed by atoms with van der Waals surface area (Å²) in [5, 5.41) is 4.91. The molecule has 0 spiro atoms. The van der Waals surface area contributed by atoms with Crippen LogP contribution in [-0.2, 0) is 0 Å². The van der Waals surface area contributed by atoms with Gasteiger partial charge in [0.05, 0.1) is 6.04 Å². The average molecular weight is 252 g/mol. The van der Waals surface area contributed by atoms with Crippen molar-refractivity contribution >= 4 is 16.9 Å². The van der Waals surface area contributed by atoms with Gasteiger partial charge in [-0.05, 0) is 44.4 Å². The Labute approximate surface area is 109 Å². The molecule has 3 aliphatic rings. The summed E-state index contributed by atoms with van der Waals surface area (Å²) < 4.78 is 0. The lowest BCUT2D eigenvalue weighted by molar-refractivity contribution is 0.258. The van der Waals surface area contributed by atoms with E-state index in [0.717, 1.165) is 11.8 Å². The Bertz CT molecular complexity index is 299. The van der Waals surface area contributed by atoms with E-state index in [2.05, 4.69) is 12.2 Å².